The Morgan fingerprint density at radius 1 is 0.452 bits per heavy atom. The first-order valence-corrected chi connectivity index (χ1v) is 23.4. The van der Waals surface area contributed by atoms with Gasteiger partial charge >= 0.3 is 0 Å². The minimum absolute atomic E-state index is 0. The van der Waals surface area contributed by atoms with E-state index in [1.165, 1.54) is 95.4 Å². The van der Waals surface area contributed by atoms with E-state index >= 15 is 0 Å². The third-order valence-electron chi connectivity index (χ3n) is 6.98. The quantitative estimate of drug-likeness (QED) is 0.0523. The molecular weight excluding hydrogens is 981 g/mol. The van der Waals surface area contributed by atoms with Gasteiger partial charge in [-0.15, -0.1) is 0 Å². The molecule has 28 heteroatoms. The molecule has 0 aliphatic rings. The topological polar surface area (TPSA) is 399 Å². The molecule has 0 unspecified atom stereocenters. The zero-order chi connectivity index (χ0) is 59.0. The Bertz CT molecular complexity index is 1440. The van der Waals surface area contributed by atoms with Crippen LogP contribution >= 0.6 is 11.8 Å². The van der Waals surface area contributed by atoms with Crippen molar-refractivity contribution >= 4 is 82.3 Å². The highest BCUT2D eigenvalue weighted by Gasteiger charge is 2.21. The molecule has 9 amide bonds. The van der Waals surface area contributed by atoms with Gasteiger partial charge in [-0.3, -0.25) is 52.7 Å². The Kier molecular flexibility index (Phi) is 81.9. The van der Waals surface area contributed by atoms with Gasteiger partial charge in [0.05, 0.1) is 12.6 Å². The van der Waals surface area contributed by atoms with Gasteiger partial charge in [-0.05, 0) is 68.7 Å². The second-order valence-electron chi connectivity index (χ2n) is 13.9. The van der Waals surface area contributed by atoms with Gasteiger partial charge in [0.2, 0.25) is 53.2 Å². The lowest BCUT2D eigenvalue weighted by Gasteiger charge is -2.15. The molecule has 0 rings (SSSR count). The monoisotopic (exact) mass is 1080 g/mol. The van der Waals surface area contributed by atoms with E-state index < -0.39 is 30.2 Å². The average molecular weight is 1080 g/mol. The maximum Gasteiger partial charge on any atom is 0.244 e. The highest BCUT2D eigenvalue weighted by Crippen LogP contribution is 1.99. The lowest BCUT2D eigenvalue weighted by Crippen LogP contribution is -2.47. The van der Waals surface area contributed by atoms with Gasteiger partial charge in [-0.1, -0.05) is 7.43 Å². The van der Waals surface area contributed by atoms with Crippen LogP contribution in [0.25, 0.3) is 0 Å². The van der Waals surface area contributed by atoms with Gasteiger partial charge in [0.15, 0.2) is 5.78 Å². The van der Waals surface area contributed by atoms with Gasteiger partial charge in [-0.25, -0.2) is 0 Å². The van der Waals surface area contributed by atoms with E-state index in [0.717, 1.165) is 14.2 Å². The molecule has 27 nitrogen and oxygen atoms in total. The predicted molar refractivity (Wildman–Crippen MR) is 287 cm³/mol. The lowest BCUT2D eigenvalue weighted by atomic mass is 10.1. The Morgan fingerprint density at radius 2 is 0.740 bits per heavy atom. The molecule has 0 bridgehead atoms. The molecule has 0 aliphatic heterocycles. The van der Waals surface area contributed by atoms with Crippen LogP contribution in [0.2, 0.25) is 0 Å². The largest absolute Gasteiger partial charge is 0.400 e. The minimum atomic E-state index is -0.750. The van der Waals surface area contributed by atoms with Crippen LogP contribution in [0.5, 0.6) is 0 Å². The number of ketones is 3. The van der Waals surface area contributed by atoms with Gasteiger partial charge in [0.1, 0.15) is 35.7 Å². The van der Waals surface area contributed by atoms with Crippen LogP contribution in [0.3, 0.4) is 0 Å². The third-order valence-corrected chi connectivity index (χ3v) is 7.65. The van der Waals surface area contributed by atoms with Crippen LogP contribution in [0.15, 0.2) is 0 Å². The number of aliphatic hydroxyl groups is 2. The highest BCUT2D eigenvalue weighted by atomic mass is 32.2. The van der Waals surface area contributed by atoms with Crippen LogP contribution in [-0.4, -0.2) is 221 Å². The van der Waals surface area contributed by atoms with Crippen LogP contribution < -0.4 is 63.8 Å². The fourth-order valence-corrected chi connectivity index (χ4v) is 4.80. The lowest BCUT2D eigenvalue weighted by molar-refractivity contribution is -0.130. The third kappa shape index (κ3) is 75.4. The first-order valence-electron chi connectivity index (χ1n) is 22.0. The highest BCUT2D eigenvalue weighted by molar-refractivity contribution is 7.98. The molecule has 0 spiro atoms. The Labute approximate surface area is 439 Å². The van der Waals surface area contributed by atoms with Crippen LogP contribution in [0, 0.1) is 0 Å². The second-order valence-corrected chi connectivity index (χ2v) is 14.9. The molecule has 0 saturated heterocycles. The Morgan fingerprint density at radius 3 is 1.01 bits per heavy atom. The van der Waals surface area contributed by atoms with Crippen molar-refractivity contribution in [3.8, 4) is 0 Å². The fourth-order valence-electron chi connectivity index (χ4n) is 4.24. The number of aliphatic hydroxyl groups excluding tert-OH is 2. The van der Waals surface area contributed by atoms with Crippen molar-refractivity contribution in [3.05, 3.63) is 0 Å². The Hall–Kier alpha value is -5.65. The zero-order valence-electron chi connectivity index (χ0n) is 46.7. The molecule has 0 heterocycles. The molecule has 0 fully saturated rings. The maximum atomic E-state index is 11.2. The molecule has 0 aromatic carbocycles. The number of rotatable bonds is 21. The number of carbonyl (C=O) groups is 12. The van der Waals surface area contributed by atoms with Crippen molar-refractivity contribution in [3.63, 3.8) is 0 Å². The molecule has 0 aliphatic carbocycles. The van der Waals surface area contributed by atoms with Gasteiger partial charge in [-0.2, -0.15) is 11.8 Å². The van der Waals surface area contributed by atoms with E-state index in [1.54, 1.807) is 14.1 Å². The van der Waals surface area contributed by atoms with Gasteiger partial charge < -0.3 is 83.5 Å². The van der Waals surface area contributed by atoms with Crippen LogP contribution in [0.4, 0.5) is 0 Å². The Balaban J connectivity index is -0.0000000809. The van der Waals surface area contributed by atoms with Crippen molar-refractivity contribution in [1.29, 1.82) is 0 Å². The summed E-state index contributed by atoms with van der Waals surface area (Å²) < 4.78 is 4.75. The SMILES string of the molecule is C.CNC.CNC.CNC(=O)[C@H](CC(C)=O)NC(C)=O.CNC(=O)[C@H](CCC(C)=O)NC(C)=O.CNC(=O)[C@H](COC)NC(C)=O.CNC(=O)[C@H](CSC)NC(C)=O.CNC[C@H](NC(C)=O)C(C)=O.CO.CO. The standard InChI is InChI=1S/C9H16N2O3.C8H14N2O3.C7H14N2O3.C7H14N2O2S.C7H14N2O2.2C2H7N.2CH4O.CH4/c1-6(12)4-5-8(9(14)10-3)11-7(2)13;1-5(11)4-7(8(13)9-3)10-6(2)12;2*1-5(10)9-6(4-12-3)7(11)8-2;1-5(10)7(4-8-3)9-6(2)11;2*1-3-2;2*1-2;/h8H,4-5H2,1-3H3,(H,10,14)(H,11,13);7H,4H2,1-3H3,(H,9,13)(H,10,12);2*6H,4H2,1-3H3,(H,8,11)(H,9,10);7-8H,4H2,1-3H3,(H,9,11);2*3H,1-2H3;2*2H,1H3;1H4/t8-;7-;2*6-;7-;;;;;/m00000...../s1. The molecular formula is C45H98N12O15S. The van der Waals surface area contributed by atoms with Crippen molar-refractivity contribution in [1.82, 2.24) is 63.8 Å². The number of Topliss-reactive ketones (excluding diaryl/α,β-unsaturated/α-hetero) is 3. The number of ether oxygens (including phenoxy) is 1. The number of nitrogens with one attached hydrogen (secondary N) is 12. The summed E-state index contributed by atoms with van der Waals surface area (Å²) >= 11 is 1.52. The summed E-state index contributed by atoms with van der Waals surface area (Å²) in [6, 6.07) is -2.76. The molecule has 0 radical (unpaired) electrons. The summed E-state index contributed by atoms with van der Waals surface area (Å²) in [5, 5.41) is 44.4. The summed E-state index contributed by atoms with van der Waals surface area (Å²) in [6.45, 7) is 11.7. The van der Waals surface area contributed by atoms with Gasteiger partial charge in [0.25, 0.3) is 0 Å². The number of likely N-dealkylation sites (N-methyl/N-ethyl adjacent to an activating group) is 5. The molecule has 73 heavy (non-hydrogen) atoms. The normalized spacial score (nSPS) is 10.7. The maximum absolute atomic E-state index is 11.2. The number of methoxy groups -OCH3 is 1. The van der Waals surface area contributed by atoms with E-state index in [-0.39, 0.29) is 91.0 Å². The fraction of sp³-hybridized carbons (Fsp3) is 0.733. The van der Waals surface area contributed by atoms with Crippen LogP contribution in [-0.2, 0) is 62.3 Å². The first kappa shape index (κ1) is 90.1. The molecule has 0 aromatic heterocycles. The number of carbonyl (C=O) groups excluding carboxylic acids is 12. The summed E-state index contributed by atoms with van der Waals surface area (Å²) in [5.41, 5.74) is 0. The van der Waals surface area contributed by atoms with Crippen molar-refractivity contribution in [2.24, 2.45) is 0 Å². The van der Waals surface area contributed by atoms with Gasteiger partial charge in [0, 0.05) is 109 Å². The van der Waals surface area contributed by atoms with Crippen molar-refractivity contribution < 1.29 is 72.5 Å². The van der Waals surface area contributed by atoms with Crippen molar-refractivity contribution in [2.45, 2.75) is 112 Å². The summed E-state index contributed by atoms with van der Waals surface area (Å²) in [7, 11) is 18.7. The van der Waals surface area contributed by atoms with E-state index in [4.69, 9.17) is 14.9 Å². The summed E-state index contributed by atoms with van der Waals surface area (Å²) in [5.74, 6) is -1.82. The summed E-state index contributed by atoms with van der Waals surface area (Å²) in [4.78, 5) is 130. The van der Waals surface area contributed by atoms with Crippen molar-refractivity contribution in [2.75, 3.05) is 110 Å². The van der Waals surface area contributed by atoms with Crippen LogP contribution in [0.1, 0.15) is 82.1 Å². The number of amides is 9. The van der Waals surface area contributed by atoms with E-state index in [9.17, 15) is 57.5 Å². The molecule has 0 saturated carbocycles. The number of thioether (sulfide) groups is 1. The molecule has 14 N–H and O–H groups in total. The molecule has 434 valence electrons. The zero-order valence-corrected chi connectivity index (χ0v) is 47.6. The molecule has 0 aromatic rings. The average Bonchev–Trinajstić information content (AvgIpc) is 3.30. The molecule has 5 atom stereocenters. The van der Waals surface area contributed by atoms with E-state index in [0.29, 0.717) is 25.1 Å². The van der Waals surface area contributed by atoms with E-state index in [1.807, 2.05) is 34.4 Å². The van der Waals surface area contributed by atoms with E-state index in [2.05, 4.69) is 63.8 Å². The second kappa shape index (κ2) is 66.3. The number of hydrogen-bond acceptors (Lipinski definition) is 19. The smallest absolute Gasteiger partial charge is 0.244 e. The minimum Gasteiger partial charge on any atom is -0.400 e. The summed E-state index contributed by atoms with van der Waals surface area (Å²) in [6.07, 6.45) is 2.55. The predicted octanol–water partition coefficient (Wildman–Crippen LogP) is -3.87. The number of hydrogen-bond donors (Lipinski definition) is 14. The first-order chi connectivity index (χ1) is 33.6.